The Bertz CT molecular complexity index is 3790. The van der Waals surface area contributed by atoms with E-state index in [1.165, 1.54) is 49.9 Å². The Morgan fingerprint density at radius 3 is 1.21 bits per heavy atom. The van der Waals surface area contributed by atoms with Crippen LogP contribution in [0.1, 0.15) is 278 Å². The van der Waals surface area contributed by atoms with Gasteiger partial charge in [0.1, 0.15) is 42.4 Å². The number of rotatable bonds is 46. The number of Topliss-reactive ketones (excluding diaryl/α,β-unsaturated/α-hetero) is 1. The SMILES string of the molecule is C=C1C[C@H](CC[C@@]23C[C@H]4O[C@@H]5[C@@H](O[C@@H](CCCO)[C@H](C)[C@@H]5O2)[C@H]4O3)OC1CC[C@H]1C[C@@H](C)C(=C)C(C[C@@H]2O[C@H](C[C@H](C)CO[Si](CC)(CC)CC)[C@H](C)[C@H]2CC(=O)CP(C)(=O)OC)O1.C=C1C[C@H](CC[C@@]23C[C@H]4O[C@@H]5[C@@H](O[C@@H](CCCO)[C@H](C)[C@@H]5O2)[C@H]4O3)OC1CC[C@H]1C[C@@H](C)C(=C)C(C[C@@H]2O[C@H](C[C@H](C)CO[Si](CC)(CC)CC)[C@H](C)[C@H]2CC)O1.COP(C)(C)=O.O=C=O.[CH2-]CCC.[Li+]. The first-order valence-electron chi connectivity index (χ1n) is 52.7. The van der Waals surface area contributed by atoms with Crippen molar-refractivity contribution in [3.8, 4) is 0 Å². The molecule has 135 heavy (non-hydrogen) atoms. The van der Waals surface area contributed by atoms with Crippen molar-refractivity contribution in [3.05, 3.63) is 55.5 Å². The predicted octanol–water partition coefficient (Wildman–Crippen LogP) is 17.9. The minimum absolute atomic E-state index is 0. The molecule has 16 saturated heterocycles. The van der Waals surface area contributed by atoms with Crippen molar-refractivity contribution in [1.82, 2.24) is 0 Å². The third kappa shape index (κ3) is 30.0. The molecular weight excluding hydrogens is 1790 g/mol. The molecule has 16 aliphatic heterocycles. The van der Waals surface area contributed by atoms with Crippen LogP contribution in [0.15, 0.2) is 48.6 Å². The van der Waals surface area contributed by atoms with E-state index in [0.717, 1.165) is 177 Å². The van der Waals surface area contributed by atoms with E-state index in [1.54, 1.807) is 20.0 Å². The first kappa shape index (κ1) is 117. The van der Waals surface area contributed by atoms with Gasteiger partial charge in [0, 0.05) is 117 Å². The van der Waals surface area contributed by atoms with Crippen LogP contribution in [0, 0.1) is 66.1 Å². The average molecular weight is 1970 g/mol. The molecule has 0 radical (unpaired) electrons. The monoisotopic (exact) mass is 1970 g/mol. The van der Waals surface area contributed by atoms with Crippen LogP contribution in [-0.2, 0) is 108 Å². The minimum Gasteiger partial charge on any atom is -0.417 e. The van der Waals surface area contributed by atoms with Crippen LogP contribution >= 0.6 is 14.7 Å². The summed E-state index contributed by atoms with van der Waals surface area (Å²) < 4.78 is 141. The van der Waals surface area contributed by atoms with E-state index < -0.39 is 42.9 Å². The van der Waals surface area contributed by atoms with Gasteiger partial charge in [0.2, 0.25) is 7.37 Å². The van der Waals surface area contributed by atoms with Crippen molar-refractivity contribution < 1.29 is 137 Å². The zero-order valence-corrected chi connectivity index (χ0v) is 91.3. The molecule has 0 aromatic rings. The Labute approximate surface area is 828 Å². The van der Waals surface area contributed by atoms with Gasteiger partial charge in [-0.1, -0.05) is 150 Å². The summed E-state index contributed by atoms with van der Waals surface area (Å²) in [7, 11) is -5.58. The molecular formula is C105H183LiO25P2Si2. The van der Waals surface area contributed by atoms with Crippen LogP contribution in [0.5, 0.6) is 0 Å². The molecule has 37 atom stereocenters. The number of carbonyl (C=O) groups excluding carboxylic acids is 3. The van der Waals surface area contributed by atoms with Gasteiger partial charge in [-0.15, -0.1) is 0 Å². The van der Waals surface area contributed by atoms with Crippen molar-refractivity contribution in [2.75, 3.05) is 66.8 Å². The fraction of sp³-hybridized carbons (Fsp3) is 0.895. The smallest absolute Gasteiger partial charge is 0.417 e. The maximum absolute atomic E-state index is 13.5. The molecule has 0 saturated carbocycles. The Kier molecular flexibility index (Phi) is 46.3. The van der Waals surface area contributed by atoms with Crippen LogP contribution in [0.4, 0.5) is 0 Å². The van der Waals surface area contributed by atoms with Crippen molar-refractivity contribution in [2.24, 2.45) is 59.2 Å². The molecule has 12 bridgehead atoms. The Morgan fingerprint density at radius 1 is 0.489 bits per heavy atom. The van der Waals surface area contributed by atoms with Gasteiger partial charge < -0.3 is 101 Å². The molecule has 16 rings (SSSR count). The topological polar surface area (TPSA) is 292 Å². The molecule has 772 valence electrons. The molecule has 0 spiro atoms. The van der Waals surface area contributed by atoms with E-state index in [-0.39, 0.29) is 226 Å². The largest absolute Gasteiger partial charge is 1.00 e. The third-order valence-corrected chi connectivity index (χ3v) is 45.8. The molecule has 0 aromatic carbocycles. The van der Waals surface area contributed by atoms with Gasteiger partial charge >= 0.3 is 25.0 Å². The summed E-state index contributed by atoms with van der Waals surface area (Å²) in [5, 5.41) is 18.9. The fourth-order valence-electron chi connectivity index (χ4n) is 24.6. The van der Waals surface area contributed by atoms with E-state index in [4.69, 9.17) is 89.3 Å². The summed E-state index contributed by atoms with van der Waals surface area (Å²) in [6, 6.07) is 6.98. The number of carbonyl (C=O) groups is 1. The average Bonchev–Trinajstić information content (AvgIpc) is 1.56. The Hall–Kier alpha value is -1.30. The summed E-state index contributed by atoms with van der Waals surface area (Å²) in [5.74, 6) is 1.63. The predicted molar refractivity (Wildman–Crippen MR) is 528 cm³/mol. The molecule has 5 unspecified atom stereocenters. The van der Waals surface area contributed by atoms with Crippen molar-refractivity contribution in [2.45, 2.75) is 472 Å². The normalized spacial score (nSPS) is 39.6. The molecule has 16 heterocycles. The molecule has 0 aromatic heterocycles. The summed E-state index contributed by atoms with van der Waals surface area (Å²) in [4.78, 5) is 29.7. The first-order valence-corrected chi connectivity index (χ1v) is 62.5. The maximum Gasteiger partial charge on any atom is 1.00 e. The molecule has 16 fully saturated rings. The van der Waals surface area contributed by atoms with Gasteiger partial charge in [-0.25, -0.2) is 0 Å². The second kappa shape index (κ2) is 53.4. The minimum atomic E-state index is -3.00. The van der Waals surface area contributed by atoms with Crippen LogP contribution in [0.2, 0.25) is 36.3 Å². The molecule has 30 heteroatoms. The van der Waals surface area contributed by atoms with Gasteiger partial charge in [-0.05, 0) is 209 Å². The standard InChI is InChI=1S/C50H85O12PSi.C47H80O9Si.C4H9.C3H9O2P.CO2.Li/c1-12-64(13-2,14-3)55-28-30(4)22-42-34(8)39(25-36(52)29-63(11,53)54-10)44(58-42)26-43-33(7)31(5)23-37(57-43)17-18-40-32(6)24-38(56-40)19-20-50-27-45-47(62-50)49-48(60-45)46(61-50)35(9)41(59-49)16-15-21-51;1-11-36-32(9)39(22-28(5)27-49-57(12-2,13-3)14-4)52-41(36)25-40-31(8)29(6)23-34(51-40)17-18-37-30(7)24-35(50-37)19-20-47-26-42-44(56-47)46-45(54-42)43(55-47)33(10)38(53-46)16-15-21-48;1-3-4-2;1-5-6(2,3)4;2-1-3;/h30-31,34-35,37-49,51H,6-7,12-29H2,1-5,8-11H3;28-29,32-46,48H,7-8,11-27H2,1-6,9-10H3;1,3-4H2,2H3;1-3H3;;/q;;-1;;;+1/t30-,31+,34+,35-,37-,38-,39+,40?,41-,42+,43?,44-,45+,46-,47-,48-,49-,50+,63?;28-,29+,32+,33-,34-,35-,36+,37?,38-,39+,40?,41-,42+,43-,44-,45-,46-,47+;;;;/m00..../s1. The molecule has 2 N–H and O–H groups in total. The molecule has 25 nitrogen and oxygen atoms in total. The maximum atomic E-state index is 13.5. The van der Waals surface area contributed by atoms with Crippen LogP contribution in [-0.4, -0.2) is 264 Å². The summed E-state index contributed by atoms with van der Waals surface area (Å²) in [5.41, 5.74) is 4.65. The number of ether oxygens (including phenoxy) is 14. The number of unbranched alkanes of at least 4 members (excludes halogenated alkanes) is 1. The number of ketones is 1. The summed E-state index contributed by atoms with van der Waals surface area (Å²) in [6.45, 7) is 64.7. The van der Waals surface area contributed by atoms with Crippen molar-refractivity contribution >= 4 is 43.3 Å². The Morgan fingerprint density at radius 2 is 0.852 bits per heavy atom. The zero-order chi connectivity index (χ0) is 98.1. The van der Waals surface area contributed by atoms with Crippen LogP contribution in [0.25, 0.3) is 0 Å². The van der Waals surface area contributed by atoms with Crippen LogP contribution in [0.3, 0.4) is 0 Å². The summed E-state index contributed by atoms with van der Waals surface area (Å²) in [6.07, 6.45) is 22.0. The van der Waals surface area contributed by atoms with Crippen molar-refractivity contribution in [1.29, 1.82) is 0 Å². The van der Waals surface area contributed by atoms with E-state index in [1.807, 2.05) is 0 Å². The van der Waals surface area contributed by atoms with E-state index in [0.29, 0.717) is 55.3 Å². The number of hydrogen-bond acceptors (Lipinski definition) is 25. The molecule has 0 aliphatic carbocycles. The van der Waals surface area contributed by atoms with Gasteiger partial charge in [0.05, 0.1) is 116 Å². The number of aliphatic hydroxyl groups excluding tert-OH is 2. The first-order chi connectivity index (χ1) is 63.7. The van der Waals surface area contributed by atoms with Gasteiger partial charge in [0.25, 0.3) is 0 Å². The second-order valence-electron chi connectivity index (χ2n) is 43.5. The van der Waals surface area contributed by atoms with Gasteiger partial charge in [-0.2, -0.15) is 16.0 Å². The zero-order valence-electron chi connectivity index (χ0n) is 87.5. The quantitative estimate of drug-likeness (QED) is 0.0248. The van der Waals surface area contributed by atoms with Gasteiger partial charge in [-0.3, -0.25) is 13.9 Å². The van der Waals surface area contributed by atoms with Gasteiger partial charge in [0.15, 0.2) is 35.6 Å². The van der Waals surface area contributed by atoms with E-state index >= 15 is 0 Å². The molecule has 16 aliphatic rings. The molecule has 0 amide bonds. The van der Waals surface area contributed by atoms with Crippen molar-refractivity contribution in [3.63, 3.8) is 0 Å². The number of aliphatic hydroxyl groups is 2. The second-order valence-corrected chi connectivity index (χ2v) is 58.7. The van der Waals surface area contributed by atoms with Crippen LogP contribution < -0.4 is 18.9 Å². The third-order valence-electron chi connectivity index (χ3n) is 33.9. The van der Waals surface area contributed by atoms with E-state index in [9.17, 15) is 24.1 Å². The summed E-state index contributed by atoms with van der Waals surface area (Å²) >= 11 is 0. The van der Waals surface area contributed by atoms with E-state index in [2.05, 4.69) is 149 Å². The Balaban J connectivity index is 0.000000267. The fourth-order valence-corrected chi connectivity index (χ4v) is 31.0. The number of hydrogen-bond donors (Lipinski definition) is 2.